The van der Waals surface area contributed by atoms with Gasteiger partial charge in [0, 0.05) is 31.0 Å². The van der Waals surface area contributed by atoms with Crippen molar-refractivity contribution in [3.63, 3.8) is 0 Å². The molecule has 0 amide bonds. The maximum Gasteiger partial charge on any atom is 0.161 e. The van der Waals surface area contributed by atoms with Gasteiger partial charge in [-0.05, 0) is 70.7 Å². The quantitative estimate of drug-likeness (QED) is 0.448. The van der Waals surface area contributed by atoms with E-state index in [4.69, 9.17) is 35.6 Å². The number of aromatic nitrogens is 3. The van der Waals surface area contributed by atoms with Crippen molar-refractivity contribution in [2.45, 2.75) is 46.1 Å². The minimum Gasteiger partial charge on any atom is -0.489 e. The number of nitrogens with zero attached hydrogens (tertiary/aromatic N) is 3. The maximum atomic E-state index is 10.0. The van der Waals surface area contributed by atoms with Crippen molar-refractivity contribution in [1.29, 1.82) is 0 Å². The highest BCUT2D eigenvalue weighted by Crippen LogP contribution is 2.37. The highest BCUT2D eigenvalue weighted by molar-refractivity contribution is 6.34. The van der Waals surface area contributed by atoms with Gasteiger partial charge in [0.25, 0.3) is 0 Å². The summed E-state index contributed by atoms with van der Waals surface area (Å²) in [5.74, 6) is 2.11. The average Bonchev–Trinajstić information content (AvgIpc) is 3.18. The summed E-state index contributed by atoms with van der Waals surface area (Å²) in [6.07, 6.45) is 2.31. The summed E-state index contributed by atoms with van der Waals surface area (Å²) in [5.41, 5.74) is 5.10. The van der Waals surface area contributed by atoms with E-state index in [0.29, 0.717) is 40.4 Å². The van der Waals surface area contributed by atoms with Crippen LogP contribution < -0.4 is 10.1 Å². The lowest BCUT2D eigenvalue weighted by atomic mass is 9.93. The monoisotopic (exact) mass is 500 g/mol. The van der Waals surface area contributed by atoms with Crippen molar-refractivity contribution in [2.75, 3.05) is 33.4 Å². The number of hydrogen-bond acceptors (Lipinski definition) is 8. The van der Waals surface area contributed by atoms with Gasteiger partial charge in [-0.2, -0.15) is 0 Å². The van der Waals surface area contributed by atoms with E-state index in [1.807, 2.05) is 32.9 Å². The Labute approximate surface area is 211 Å². The molecule has 3 heterocycles. The Morgan fingerprint density at radius 3 is 2.77 bits per heavy atom. The third kappa shape index (κ3) is 5.83. The molecule has 9 heteroatoms. The summed E-state index contributed by atoms with van der Waals surface area (Å²) in [5, 5.41) is 17.5. The number of likely N-dealkylation sites (N-methyl/N-ethyl adjacent to an activating group) is 1. The molecule has 188 valence electrons. The van der Waals surface area contributed by atoms with Crippen LogP contribution in [-0.4, -0.2) is 59.7 Å². The van der Waals surface area contributed by atoms with Crippen molar-refractivity contribution in [3.05, 3.63) is 45.9 Å². The molecule has 3 aromatic rings. The lowest BCUT2D eigenvalue weighted by Gasteiger charge is -2.23. The minimum atomic E-state index is -0.647. The first-order chi connectivity index (χ1) is 16.9. The Hall–Kier alpha value is -2.52. The van der Waals surface area contributed by atoms with E-state index in [-0.39, 0.29) is 6.61 Å². The van der Waals surface area contributed by atoms with Gasteiger partial charge in [-0.15, -0.1) is 0 Å². The molecule has 1 saturated heterocycles. The summed E-state index contributed by atoms with van der Waals surface area (Å²) in [6.45, 7) is 7.96. The lowest BCUT2D eigenvalue weighted by Crippen LogP contribution is -2.29. The number of halogens is 1. The largest absolute Gasteiger partial charge is 0.489 e. The SMILES string of the molecule is CNCC(O)COc1cccc(-c2nc(CC3CCCOC3)c(C)c(-c3c(C)noc3C)n2)c1Cl. The Kier molecular flexibility index (Phi) is 8.38. The van der Waals surface area contributed by atoms with Gasteiger partial charge in [0.05, 0.1) is 22.0 Å². The number of aliphatic hydroxyl groups is 1. The highest BCUT2D eigenvalue weighted by atomic mass is 35.5. The van der Waals surface area contributed by atoms with E-state index in [2.05, 4.69) is 10.5 Å². The second-order valence-corrected chi connectivity index (χ2v) is 9.47. The number of aryl methyl sites for hydroxylation is 2. The van der Waals surface area contributed by atoms with Crippen LogP contribution in [0, 0.1) is 26.7 Å². The predicted octanol–water partition coefficient (Wildman–Crippen LogP) is 4.31. The average molecular weight is 501 g/mol. The molecule has 35 heavy (non-hydrogen) atoms. The standard InChI is InChI=1S/C26H33ClN4O4/c1-15-21(11-18-7-6-10-33-13-18)29-26(30-25(15)23-16(2)31-35-17(23)3)20-8-5-9-22(24(20)27)34-14-19(32)12-28-4/h5,8-9,18-19,28,32H,6-7,10-14H2,1-4H3. The van der Waals surface area contributed by atoms with Crippen LogP contribution in [0.15, 0.2) is 22.7 Å². The van der Waals surface area contributed by atoms with Crippen LogP contribution in [0.25, 0.3) is 22.6 Å². The molecule has 0 saturated carbocycles. The zero-order valence-electron chi connectivity index (χ0n) is 20.7. The number of aliphatic hydroxyl groups excluding tert-OH is 1. The van der Waals surface area contributed by atoms with Gasteiger partial charge in [0.15, 0.2) is 5.82 Å². The van der Waals surface area contributed by atoms with Crippen molar-refractivity contribution < 1.29 is 19.1 Å². The molecule has 1 aromatic carbocycles. The van der Waals surface area contributed by atoms with Crippen LogP contribution in [-0.2, 0) is 11.2 Å². The van der Waals surface area contributed by atoms with Crippen LogP contribution in [0.5, 0.6) is 5.75 Å². The van der Waals surface area contributed by atoms with Gasteiger partial charge in [0.2, 0.25) is 0 Å². The minimum absolute atomic E-state index is 0.121. The molecule has 2 atom stereocenters. The number of nitrogens with one attached hydrogen (secondary N) is 1. The van der Waals surface area contributed by atoms with Gasteiger partial charge in [0.1, 0.15) is 24.2 Å². The molecule has 0 radical (unpaired) electrons. The van der Waals surface area contributed by atoms with Crippen molar-refractivity contribution in [3.8, 4) is 28.4 Å². The molecule has 8 nitrogen and oxygen atoms in total. The number of benzene rings is 1. The summed E-state index contributed by atoms with van der Waals surface area (Å²) >= 11 is 6.77. The normalized spacial score (nSPS) is 16.9. The van der Waals surface area contributed by atoms with Crippen LogP contribution in [0.3, 0.4) is 0 Å². The van der Waals surface area contributed by atoms with Crippen LogP contribution >= 0.6 is 11.6 Å². The summed E-state index contributed by atoms with van der Waals surface area (Å²) in [6, 6.07) is 5.52. The molecule has 0 bridgehead atoms. The first kappa shape index (κ1) is 25.6. The fourth-order valence-corrected chi connectivity index (χ4v) is 4.73. The molecule has 0 aliphatic carbocycles. The van der Waals surface area contributed by atoms with Gasteiger partial charge in [-0.3, -0.25) is 0 Å². The molecule has 4 rings (SSSR count). The molecule has 2 N–H and O–H groups in total. The molecule has 1 aliphatic heterocycles. The van der Waals surface area contributed by atoms with E-state index in [1.165, 1.54) is 0 Å². The van der Waals surface area contributed by atoms with E-state index < -0.39 is 6.10 Å². The molecular formula is C26H33ClN4O4. The fourth-order valence-electron chi connectivity index (χ4n) is 4.46. The van der Waals surface area contributed by atoms with E-state index in [0.717, 1.165) is 60.7 Å². The Balaban J connectivity index is 1.76. The van der Waals surface area contributed by atoms with Crippen molar-refractivity contribution in [1.82, 2.24) is 20.4 Å². The summed E-state index contributed by atoms with van der Waals surface area (Å²) < 4.78 is 17.0. The highest BCUT2D eigenvalue weighted by Gasteiger charge is 2.24. The third-order valence-corrected chi connectivity index (χ3v) is 6.72. The van der Waals surface area contributed by atoms with E-state index >= 15 is 0 Å². The second-order valence-electron chi connectivity index (χ2n) is 9.09. The van der Waals surface area contributed by atoms with Crippen molar-refractivity contribution >= 4 is 11.6 Å². The fraction of sp³-hybridized carbons (Fsp3) is 0.500. The van der Waals surface area contributed by atoms with Gasteiger partial charge >= 0.3 is 0 Å². The predicted molar refractivity (Wildman–Crippen MR) is 135 cm³/mol. The smallest absolute Gasteiger partial charge is 0.161 e. The molecule has 0 spiro atoms. The zero-order valence-corrected chi connectivity index (χ0v) is 21.5. The summed E-state index contributed by atoms with van der Waals surface area (Å²) in [4.78, 5) is 9.92. The Morgan fingerprint density at radius 2 is 2.09 bits per heavy atom. The van der Waals surface area contributed by atoms with Crippen LogP contribution in [0.4, 0.5) is 0 Å². The number of hydrogen-bond donors (Lipinski definition) is 2. The third-order valence-electron chi connectivity index (χ3n) is 6.33. The Bertz CT molecular complexity index is 1140. The topological polar surface area (TPSA) is 103 Å². The number of ether oxygens (including phenoxy) is 2. The summed E-state index contributed by atoms with van der Waals surface area (Å²) in [7, 11) is 1.78. The van der Waals surface area contributed by atoms with Gasteiger partial charge in [-0.25, -0.2) is 9.97 Å². The van der Waals surface area contributed by atoms with Crippen LogP contribution in [0.1, 0.15) is 35.6 Å². The first-order valence-corrected chi connectivity index (χ1v) is 12.4. The van der Waals surface area contributed by atoms with Gasteiger partial charge < -0.3 is 24.4 Å². The second kappa shape index (κ2) is 11.5. The molecule has 1 fully saturated rings. The maximum absolute atomic E-state index is 10.0. The molecular weight excluding hydrogens is 468 g/mol. The van der Waals surface area contributed by atoms with Crippen molar-refractivity contribution in [2.24, 2.45) is 5.92 Å². The van der Waals surface area contributed by atoms with Crippen LogP contribution in [0.2, 0.25) is 5.02 Å². The molecule has 2 aromatic heterocycles. The Morgan fingerprint density at radius 1 is 1.26 bits per heavy atom. The molecule has 1 aliphatic rings. The zero-order chi connectivity index (χ0) is 24.9. The van der Waals surface area contributed by atoms with Gasteiger partial charge in [-0.1, -0.05) is 22.8 Å². The first-order valence-electron chi connectivity index (χ1n) is 12.0. The number of rotatable bonds is 9. The van der Waals surface area contributed by atoms with E-state index in [9.17, 15) is 5.11 Å². The molecule has 2 unspecified atom stereocenters. The lowest BCUT2D eigenvalue weighted by molar-refractivity contribution is 0.0546. The van der Waals surface area contributed by atoms with E-state index in [1.54, 1.807) is 13.1 Å².